The third-order valence-corrected chi connectivity index (χ3v) is 1.56. The van der Waals surface area contributed by atoms with Crippen molar-refractivity contribution in [2.24, 2.45) is 0 Å². The Bertz CT molecular complexity index is 311. The molecule has 68 valence electrons. The molecule has 4 nitrogen and oxygen atoms in total. The molecule has 1 atom stereocenters. The van der Waals surface area contributed by atoms with Crippen molar-refractivity contribution in [3.8, 4) is 6.07 Å². The average molecular weight is 178 g/mol. The van der Waals surface area contributed by atoms with Gasteiger partial charge in [0.05, 0.1) is 24.3 Å². The van der Waals surface area contributed by atoms with Crippen LogP contribution in [0.3, 0.4) is 0 Å². The van der Waals surface area contributed by atoms with E-state index in [1.807, 2.05) is 6.07 Å². The van der Waals surface area contributed by atoms with Gasteiger partial charge in [0.15, 0.2) is 0 Å². The summed E-state index contributed by atoms with van der Waals surface area (Å²) < 4.78 is 4.75. The first-order chi connectivity index (χ1) is 6.24. The lowest BCUT2D eigenvalue weighted by atomic mass is 10.2. The molecule has 4 heteroatoms. The van der Waals surface area contributed by atoms with E-state index < -0.39 is 0 Å². The zero-order valence-electron chi connectivity index (χ0n) is 7.28. The minimum absolute atomic E-state index is 0.132. The van der Waals surface area contributed by atoms with Gasteiger partial charge in [-0.3, -0.25) is 4.79 Å². The first kappa shape index (κ1) is 9.33. The highest BCUT2D eigenvalue weighted by atomic mass is 16.3. The lowest BCUT2D eigenvalue weighted by molar-refractivity contribution is 0.0940. The van der Waals surface area contributed by atoms with Crippen LogP contribution in [0.4, 0.5) is 0 Å². The smallest absolute Gasteiger partial charge is 0.254 e. The van der Waals surface area contributed by atoms with E-state index >= 15 is 0 Å². The fraction of sp³-hybridized carbons (Fsp3) is 0.333. The molecule has 1 amide bonds. The lowest BCUT2D eigenvalue weighted by Gasteiger charge is -2.08. The van der Waals surface area contributed by atoms with E-state index in [1.54, 1.807) is 13.0 Å². The minimum atomic E-state index is -0.212. The van der Waals surface area contributed by atoms with Crippen molar-refractivity contribution in [2.45, 2.75) is 19.4 Å². The summed E-state index contributed by atoms with van der Waals surface area (Å²) in [7, 11) is 0. The molecule has 0 spiro atoms. The molecule has 0 saturated carbocycles. The van der Waals surface area contributed by atoms with Gasteiger partial charge in [-0.05, 0) is 13.0 Å². The Morgan fingerprint density at radius 2 is 2.62 bits per heavy atom. The van der Waals surface area contributed by atoms with Crippen LogP contribution in [0.5, 0.6) is 0 Å². The normalized spacial score (nSPS) is 11.7. The van der Waals surface area contributed by atoms with Crippen LogP contribution in [0.15, 0.2) is 23.0 Å². The Balaban J connectivity index is 2.48. The van der Waals surface area contributed by atoms with Crippen LogP contribution < -0.4 is 5.32 Å². The quantitative estimate of drug-likeness (QED) is 0.758. The molecule has 1 heterocycles. The molecule has 0 aliphatic rings. The Kier molecular flexibility index (Phi) is 3.09. The first-order valence-electron chi connectivity index (χ1n) is 3.94. The topological polar surface area (TPSA) is 66.0 Å². The van der Waals surface area contributed by atoms with Gasteiger partial charge in [0, 0.05) is 6.04 Å². The lowest BCUT2D eigenvalue weighted by Crippen LogP contribution is -2.31. The van der Waals surface area contributed by atoms with Gasteiger partial charge in [0.1, 0.15) is 6.26 Å². The zero-order valence-corrected chi connectivity index (χ0v) is 7.28. The summed E-state index contributed by atoms with van der Waals surface area (Å²) in [4.78, 5) is 11.3. The maximum absolute atomic E-state index is 11.3. The summed E-state index contributed by atoms with van der Waals surface area (Å²) in [5, 5.41) is 11.0. The van der Waals surface area contributed by atoms with Crippen LogP contribution in [-0.2, 0) is 0 Å². The molecule has 1 rings (SSSR count). The molecule has 1 N–H and O–H groups in total. The number of furan rings is 1. The standard InChI is InChI=1S/C9H10N2O2/c1-7(2-4-10)11-9(12)8-3-5-13-6-8/h3,5-7H,2H2,1H3,(H,11,12). The molecule has 1 unspecified atom stereocenters. The van der Waals surface area contributed by atoms with E-state index in [-0.39, 0.29) is 11.9 Å². The zero-order chi connectivity index (χ0) is 9.68. The SMILES string of the molecule is CC(CC#N)NC(=O)c1ccoc1. The minimum Gasteiger partial charge on any atom is -0.472 e. The second-order valence-corrected chi connectivity index (χ2v) is 2.75. The second-order valence-electron chi connectivity index (χ2n) is 2.75. The molecule has 0 aliphatic carbocycles. The molecule has 13 heavy (non-hydrogen) atoms. The monoisotopic (exact) mass is 178 g/mol. The molecule has 0 fully saturated rings. The number of nitrogens with zero attached hydrogens (tertiary/aromatic N) is 1. The van der Waals surface area contributed by atoms with Crippen LogP contribution in [0, 0.1) is 11.3 Å². The predicted octanol–water partition coefficient (Wildman–Crippen LogP) is 1.31. The summed E-state index contributed by atoms with van der Waals surface area (Å²) in [6.07, 6.45) is 3.11. The summed E-state index contributed by atoms with van der Waals surface area (Å²) in [6.45, 7) is 1.78. The predicted molar refractivity (Wildman–Crippen MR) is 45.9 cm³/mol. The largest absolute Gasteiger partial charge is 0.472 e. The van der Waals surface area contributed by atoms with E-state index in [0.717, 1.165) is 0 Å². The van der Waals surface area contributed by atoms with Crippen LogP contribution in [-0.4, -0.2) is 11.9 Å². The number of hydrogen-bond donors (Lipinski definition) is 1. The van der Waals surface area contributed by atoms with Gasteiger partial charge >= 0.3 is 0 Å². The van der Waals surface area contributed by atoms with Crippen molar-refractivity contribution in [1.29, 1.82) is 5.26 Å². The molecule has 0 saturated heterocycles. The van der Waals surface area contributed by atoms with Crippen LogP contribution >= 0.6 is 0 Å². The number of rotatable bonds is 3. The maximum atomic E-state index is 11.3. The third-order valence-electron chi connectivity index (χ3n) is 1.56. The van der Waals surface area contributed by atoms with Crippen molar-refractivity contribution in [2.75, 3.05) is 0 Å². The number of amides is 1. The van der Waals surface area contributed by atoms with Gasteiger partial charge in [-0.25, -0.2) is 0 Å². The highest BCUT2D eigenvalue weighted by Gasteiger charge is 2.09. The van der Waals surface area contributed by atoms with Gasteiger partial charge in [-0.1, -0.05) is 0 Å². The van der Waals surface area contributed by atoms with E-state index in [2.05, 4.69) is 5.32 Å². The molecule has 0 aliphatic heterocycles. The number of nitrogens with one attached hydrogen (secondary N) is 1. The second kappa shape index (κ2) is 4.31. The number of carbonyl (C=O) groups excluding carboxylic acids is 1. The molecular weight excluding hydrogens is 168 g/mol. The Morgan fingerprint density at radius 1 is 1.85 bits per heavy atom. The Labute approximate surface area is 76.2 Å². The molecule has 0 radical (unpaired) electrons. The summed E-state index contributed by atoms with van der Waals surface area (Å²) in [5.41, 5.74) is 0.477. The van der Waals surface area contributed by atoms with Gasteiger partial charge in [-0.15, -0.1) is 0 Å². The van der Waals surface area contributed by atoms with E-state index in [0.29, 0.717) is 12.0 Å². The summed E-state index contributed by atoms with van der Waals surface area (Å²) in [6, 6.07) is 3.43. The molecule has 0 aromatic carbocycles. The first-order valence-corrected chi connectivity index (χ1v) is 3.94. The van der Waals surface area contributed by atoms with Gasteiger partial charge in [0.2, 0.25) is 0 Å². The van der Waals surface area contributed by atoms with Crippen molar-refractivity contribution in [3.63, 3.8) is 0 Å². The summed E-state index contributed by atoms with van der Waals surface area (Å²) >= 11 is 0. The molecule has 0 bridgehead atoms. The molecule has 1 aromatic rings. The molecular formula is C9H10N2O2. The van der Waals surface area contributed by atoms with Crippen molar-refractivity contribution < 1.29 is 9.21 Å². The van der Waals surface area contributed by atoms with Crippen molar-refractivity contribution in [1.82, 2.24) is 5.32 Å². The van der Waals surface area contributed by atoms with E-state index in [4.69, 9.17) is 9.68 Å². The Morgan fingerprint density at radius 3 is 3.15 bits per heavy atom. The fourth-order valence-corrected chi connectivity index (χ4v) is 0.889. The van der Waals surface area contributed by atoms with E-state index in [1.165, 1.54) is 12.5 Å². The fourth-order valence-electron chi connectivity index (χ4n) is 0.889. The van der Waals surface area contributed by atoms with Gasteiger partial charge in [-0.2, -0.15) is 5.26 Å². The highest BCUT2D eigenvalue weighted by Crippen LogP contribution is 2.00. The summed E-state index contributed by atoms with van der Waals surface area (Å²) in [5.74, 6) is -0.212. The van der Waals surface area contributed by atoms with Gasteiger partial charge < -0.3 is 9.73 Å². The van der Waals surface area contributed by atoms with Crippen LogP contribution in [0.1, 0.15) is 23.7 Å². The maximum Gasteiger partial charge on any atom is 0.254 e. The molecule has 1 aromatic heterocycles. The third kappa shape index (κ3) is 2.64. The van der Waals surface area contributed by atoms with Gasteiger partial charge in [0.25, 0.3) is 5.91 Å². The number of nitriles is 1. The van der Waals surface area contributed by atoms with E-state index in [9.17, 15) is 4.79 Å². The number of hydrogen-bond acceptors (Lipinski definition) is 3. The van der Waals surface area contributed by atoms with Crippen LogP contribution in [0.2, 0.25) is 0 Å². The number of carbonyl (C=O) groups is 1. The van der Waals surface area contributed by atoms with Crippen LogP contribution in [0.25, 0.3) is 0 Å². The average Bonchev–Trinajstić information content (AvgIpc) is 2.55. The Hall–Kier alpha value is -1.76. The van der Waals surface area contributed by atoms with Crippen molar-refractivity contribution >= 4 is 5.91 Å². The highest BCUT2D eigenvalue weighted by molar-refractivity contribution is 5.93. The van der Waals surface area contributed by atoms with Crippen molar-refractivity contribution in [3.05, 3.63) is 24.2 Å².